The minimum absolute atomic E-state index is 0.0347. The number of aliphatic imine (C=N–C) groups is 1. The number of aromatic nitrogens is 2. The number of allylic oxidation sites excluding steroid dienone is 1. The zero-order valence-corrected chi connectivity index (χ0v) is 17.4. The van der Waals surface area contributed by atoms with Crippen molar-refractivity contribution in [1.82, 2.24) is 14.9 Å². The molecule has 1 aliphatic carbocycles. The number of hydrogen-bond acceptors (Lipinski definition) is 6. The molecule has 1 saturated carbocycles. The summed E-state index contributed by atoms with van der Waals surface area (Å²) in [7, 11) is 0. The van der Waals surface area contributed by atoms with Gasteiger partial charge in [-0.3, -0.25) is 0 Å². The van der Waals surface area contributed by atoms with Crippen LogP contribution in [-0.2, 0) is 0 Å². The highest BCUT2D eigenvalue weighted by molar-refractivity contribution is 6.09. The van der Waals surface area contributed by atoms with Crippen LogP contribution in [0.2, 0.25) is 0 Å². The predicted molar refractivity (Wildman–Crippen MR) is 120 cm³/mol. The Morgan fingerprint density at radius 2 is 1.90 bits per heavy atom. The van der Waals surface area contributed by atoms with Gasteiger partial charge in [0.2, 0.25) is 0 Å². The van der Waals surface area contributed by atoms with Crippen LogP contribution in [0.3, 0.4) is 0 Å². The van der Waals surface area contributed by atoms with Crippen molar-refractivity contribution in [1.29, 1.82) is 0 Å². The molecule has 156 valence electrons. The van der Waals surface area contributed by atoms with Crippen LogP contribution in [0, 0.1) is 12.3 Å². The van der Waals surface area contributed by atoms with E-state index in [1.165, 1.54) is 0 Å². The van der Waals surface area contributed by atoms with Crippen LogP contribution in [0.15, 0.2) is 58.8 Å². The van der Waals surface area contributed by atoms with E-state index < -0.39 is 0 Å². The van der Waals surface area contributed by atoms with Crippen LogP contribution >= 0.6 is 0 Å². The molecule has 1 aliphatic heterocycles. The lowest BCUT2D eigenvalue weighted by atomic mass is 10.0. The Labute approximate surface area is 176 Å². The summed E-state index contributed by atoms with van der Waals surface area (Å²) in [6.07, 6.45) is 7.70. The fraction of sp³-hybridized carbons (Fsp3) is 0.391. The van der Waals surface area contributed by atoms with E-state index in [0.29, 0.717) is 11.4 Å². The minimum Gasteiger partial charge on any atom is -0.395 e. The summed E-state index contributed by atoms with van der Waals surface area (Å²) < 4.78 is 0. The van der Waals surface area contributed by atoms with Crippen molar-refractivity contribution in [2.24, 2.45) is 21.4 Å². The van der Waals surface area contributed by atoms with Crippen LogP contribution in [0.25, 0.3) is 11.0 Å². The first-order valence-corrected chi connectivity index (χ1v) is 10.4. The Morgan fingerprint density at radius 1 is 1.23 bits per heavy atom. The van der Waals surface area contributed by atoms with E-state index >= 15 is 0 Å². The van der Waals surface area contributed by atoms with Crippen molar-refractivity contribution < 1.29 is 5.11 Å². The second-order valence-electron chi connectivity index (χ2n) is 8.00. The molecular weight excluding hydrogens is 376 g/mol. The Hall–Kier alpha value is -3.06. The highest BCUT2D eigenvalue weighted by atomic mass is 16.3. The van der Waals surface area contributed by atoms with Crippen molar-refractivity contribution >= 4 is 22.6 Å². The molecule has 7 heteroatoms. The lowest BCUT2D eigenvalue weighted by Gasteiger charge is -2.20. The normalized spacial score (nSPS) is 19.4. The van der Waals surface area contributed by atoms with Crippen LogP contribution in [-0.4, -0.2) is 51.2 Å². The molecule has 0 unspecified atom stereocenters. The lowest BCUT2D eigenvalue weighted by Crippen LogP contribution is -2.27. The summed E-state index contributed by atoms with van der Waals surface area (Å²) in [5.41, 5.74) is 3.90. The van der Waals surface area contributed by atoms with E-state index in [1.807, 2.05) is 37.3 Å². The van der Waals surface area contributed by atoms with Gasteiger partial charge in [0.15, 0.2) is 0 Å². The zero-order valence-electron chi connectivity index (χ0n) is 17.4. The van der Waals surface area contributed by atoms with Gasteiger partial charge in [-0.2, -0.15) is 5.10 Å². The number of amidine groups is 1. The smallest absolute Gasteiger partial charge is 0.128 e. The third-order valence-corrected chi connectivity index (χ3v) is 5.95. The van der Waals surface area contributed by atoms with Gasteiger partial charge in [0.1, 0.15) is 17.2 Å². The molecule has 7 nitrogen and oxygen atoms in total. The number of hydrogen-bond donors (Lipinski definition) is 2. The highest BCUT2D eigenvalue weighted by Crippen LogP contribution is 2.52. The Kier molecular flexibility index (Phi) is 5.63. The third kappa shape index (κ3) is 3.85. The topological polar surface area (TPSA) is 100.0 Å². The molecule has 2 aliphatic rings. The number of aliphatic hydroxyl groups excluding tert-OH is 1. The second kappa shape index (κ2) is 8.36. The SMILES string of the molecule is C=C\C(=N/C(=C\C(=N/N)c1nc2ccccc2nc1C)C1(CO)CC1)N1CCCC1. The Morgan fingerprint density at radius 3 is 2.47 bits per heavy atom. The van der Waals surface area contributed by atoms with Crippen molar-refractivity contribution in [3.63, 3.8) is 0 Å². The number of para-hydroxylation sites is 2. The van der Waals surface area contributed by atoms with Crippen molar-refractivity contribution in [3.05, 3.63) is 60.1 Å². The number of aryl methyl sites for hydroxylation is 1. The van der Waals surface area contributed by atoms with Gasteiger partial charge in [-0.05, 0) is 56.9 Å². The first-order valence-electron chi connectivity index (χ1n) is 10.4. The zero-order chi connectivity index (χ0) is 21.1. The predicted octanol–water partition coefficient (Wildman–Crippen LogP) is 2.94. The maximum absolute atomic E-state index is 10.1. The molecule has 2 fully saturated rings. The number of nitrogens with two attached hydrogens (primary N) is 1. The molecule has 1 saturated heterocycles. The molecular formula is C23H28N6O. The monoisotopic (exact) mass is 404 g/mol. The number of aliphatic hydroxyl groups is 1. The summed E-state index contributed by atoms with van der Waals surface area (Å²) >= 11 is 0. The molecule has 0 atom stereocenters. The summed E-state index contributed by atoms with van der Waals surface area (Å²) in [5, 5.41) is 14.1. The molecule has 1 aromatic heterocycles. The fourth-order valence-corrected chi connectivity index (χ4v) is 3.89. The van der Waals surface area contributed by atoms with Gasteiger partial charge in [0.25, 0.3) is 0 Å². The standard InChI is InChI=1S/C23H28N6O/c1-3-21(29-12-6-7-13-29)27-20(23(15-30)10-11-23)14-19(28-24)22-16(2)25-17-8-4-5-9-18(17)26-22/h3-5,8-9,14,30H,1,6-7,10-13,15,24H2,2H3/b20-14-,27-21+,28-19+. The van der Waals surface area contributed by atoms with Crippen LogP contribution in [0.4, 0.5) is 0 Å². The summed E-state index contributed by atoms with van der Waals surface area (Å²) in [5.74, 6) is 6.62. The van der Waals surface area contributed by atoms with Crippen molar-refractivity contribution in [3.8, 4) is 0 Å². The maximum atomic E-state index is 10.1. The van der Waals surface area contributed by atoms with Gasteiger partial charge in [0, 0.05) is 18.5 Å². The highest BCUT2D eigenvalue weighted by Gasteiger charge is 2.46. The van der Waals surface area contributed by atoms with Crippen LogP contribution in [0.1, 0.15) is 37.1 Å². The number of nitrogens with zero attached hydrogens (tertiary/aromatic N) is 5. The first-order chi connectivity index (χ1) is 14.6. The van der Waals surface area contributed by atoms with E-state index in [2.05, 4.69) is 21.6 Å². The Balaban J connectivity index is 1.79. The average molecular weight is 405 g/mol. The van der Waals surface area contributed by atoms with Crippen LogP contribution in [0.5, 0.6) is 0 Å². The fourth-order valence-electron chi connectivity index (χ4n) is 3.89. The largest absolute Gasteiger partial charge is 0.395 e. The number of hydrazone groups is 1. The number of likely N-dealkylation sites (tertiary alicyclic amines) is 1. The molecule has 3 N–H and O–H groups in total. The maximum Gasteiger partial charge on any atom is 0.128 e. The summed E-state index contributed by atoms with van der Waals surface area (Å²) in [6, 6.07) is 7.72. The first kappa shape index (κ1) is 20.2. The second-order valence-corrected chi connectivity index (χ2v) is 8.00. The molecule has 0 radical (unpaired) electrons. The van der Waals surface area contributed by atoms with E-state index in [9.17, 15) is 5.11 Å². The van der Waals surface area contributed by atoms with Gasteiger partial charge in [0.05, 0.1) is 29.0 Å². The van der Waals surface area contributed by atoms with Gasteiger partial charge in [-0.25, -0.2) is 15.0 Å². The van der Waals surface area contributed by atoms with E-state index in [1.54, 1.807) is 6.08 Å². The molecule has 30 heavy (non-hydrogen) atoms. The molecule has 4 rings (SSSR count). The van der Waals surface area contributed by atoms with Gasteiger partial charge < -0.3 is 15.8 Å². The van der Waals surface area contributed by atoms with E-state index in [4.69, 9.17) is 15.8 Å². The summed E-state index contributed by atoms with van der Waals surface area (Å²) in [4.78, 5) is 16.6. The van der Waals surface area contributed by atoms with Crippen molar-refractivity contribution in [2.45, 2.75) is 32.6 Å². The van der Waals surface area contributed by atoms with E-state index in [0.717, 1.165) is 67.0 Å². The molecule has 0 amide bonds. The average Bonchev–Trinajstić information content (AvgIpc) is 3.38. The minimum atomic E-state index is -0.359. The number of fused-ring (bicyclic) bond motifs is 1. The lowest BCUT2D eigenvalue weighted by molar-refractivity contribution is 0.233. The molecule has 0 spiro atoms. The third-order valence-electron chi connectivity index (χ3n) is 5.95. The van der Waals surface area contributed by atoms with Gasteiger partial charge in [-0.15, -0.1) is 0 Å². The number of rotatable bonds is 6. The summed E-state index contributed by atoms with van der Waals surface area (Å²) in [6.45, 7) is 7.83. The van der Waals surface area contributed by atoms with Crippen molar-refractivity contribution in [2.75, 3.05) is 19.7 Å². The number of benzene rings is 1. The molecule has 1 aromatic carbocycles. The van der Waals surface area contributed by atoms with Gasteiger partial charge in [-0.1, -0.05) is 18.7 Å². The van der Waals surface area contributed by atoms with Gasteiger partial charge >= 0.3 is 0 Å². The molecule has 2 aromatic rings. The quantitative estimate of drug-likeness (QED) is 0.334. The molecule has 0 bridgehead atoms. The van der Waals surface area contributed by atoms with E-state index in [-0.39, 0.29) is 12.0 Å². The van der Waals surface area contributed by atoms with Crippen LogP contribution < -0.4 is 5.84 Å². The molecule has 2 heterocycles. The Bertz CT molecular complexity index is 1040.